The number of halogens is 3. The second-order valence-corrected chi connectivity index (χ2v) is 5.08. The van der Waals surface area contributed by atoms with Crippen molar-refractivity contribution in [2.75, 3.05) is 0 Å². The standard InChI is InChI=1S/C13H13BrF2N2/c1-8(17)9-4-5-18(6-9)7-10-12(15)3-2-11(14)13(10)16/h2-6,8H,7,17H2,1H3. The van der Waals surface area contributed by atoms with Gasteiger partial charge in [-0.15, -0.1) is 0 Å². The van der Waals surface area contributed by atoms with E-state index >= 15 is 0 Å². The number of aromatic nitrogens is 1. The quantitative estimate of drug-likeness (QED) is 0.862. The van der Waals surface area contributed by atoms with Gasteiger partial charge in [-0.2, -0.15) is 0 Å². The molecule has 2 N–H and O–H groups in total. The lowest BCUT2D eigenvalue weighted by molar-refractivity contribution is 0.540. The molecule has 2 nitrogen and oxygen atoms in total. The zero-order valence-electron chi connectivity index (χ0n) is 9.83. The monoisotopic (exact) mass is 314 g/mol. The summed E-state index contributed by atoms with van der Waals surface area (Å²) < 4.78 is 29.3. The summed E-state index contributed by atoms with van der Waals surface area (Å²) in [6.45, 7) is 2.00. The van der Waals surface area contributed by atoms with E-state index in [1.165, 1.54) is 12.1 Å². The van der Waals surface area contributed by atoms with Crippen molar-refractivity contribution in [3.05, 3.63) is 57.8 Å². The summed E-state index contributed by atoms with van der Waals surface area (Å²) >= 11 is 3.05. The molecule has 1 heterocycles. The SMILES string of the molecule is CC(N)c1ccn(Cc2c(F)ccc(Br)c2F)c1. The molecule has 1 aromatic heterocycles. The summed E-state index contributed by atoms with van der Waals surface area (Å²) in [6.07, 6.45) is 3.56. The third-order valence-corrected chi connectivity index (χ3v) is 3.39. The molecule has 0 amide bonds. The Morgan fingerprint density at radius 1 is 1.33 bits per heavy atom. The van der Waals surface area contributed by atoms with Crippen molar-refractivity contribution in [3.63, 3.8) is 0 Å². The van der Waals surface area contributed by atoms with Crippen molar-refractivity contribution >= 4 is 15.9 Å². The molecular formula is C13H13BrF2N2. The van der Waals surface area contributed by atoms with Crippen LogP contribution in [0.5, 0.6) is 0 Å². The van der Waals surface area contributed by atoms with Crippen LogP contribution >= 0.6 is 15.9 Å². The molecule has 0 fully saturated rings. The van der Waals surface area contributed by atoms with E-state index in [2.05, 4.69) is 15.9 Å². The number of nitrogens with two attached hydrogens (primary N) is 1. The number of hydrogen-bond acceptors (Lipinski definition) is 1. The average Bonchev–Trinajstić information content (AvgIpc) is 2.78. The Balaban J connectivity index is 2.31. The lowest BCUT2D eigenvalue weighted by Crippen LogP contribution is -2.05. The Bertz CT molecular complexity index is 564. The number of benzene rings is 1. The minimum Gasteiger partial charge on any atom is -0.349 e. The van der Waals surface area contributed by atoms with Gasteiger partial charge in [0.25, 0.3) is 0 Å². The Morgan fingerprint density at radius 2 is 2.06 bits per heavy atom. The van der Waals surface area contributed by atoms with Gasteiger partial charge in [0.15, 0.2) is 0 Å². The molecule has 0 radical (unpaired) electrons. The maximum atomic E-state index is 13.8. The summed E-state index contributed by atoms with van der Waals surface area (Å²) in [5.74, 6) is -1.11. The largest absolute Gasteiger partial charge is 0.349 e. The van der Waals surface area contributed by atoms with Gasteiger partial charge in [-0.1, -0.05) is 0 Å². The molecule has 96 valence electrons. The first kappa shape index (κ1) is 13.2. The fraction of sp³-hybridized carbons (Fsp3) is 0.231. The van der Waals surface area contributed by atoms with Gasteiger partial charge in [0, 0.05) is 24.0 Å². The Morgan fingerprint density at radius 3 is 2.67 bits per heavy atom. The number of hydrogen-bond donors (Lipinski definition) is 1. The average molecular weight is 315 g/mol. The molecular weight excluding hydrogens is 302 g/mol. The van der Waals surface area contributed by atoms with Crippen LogP contribution in [-0.2, 0) is 6.54 Å². The van der Waals surface area contributed by atoms with E-state index < -0.39 is 11.6 Å². The van der Waals surface area contributed by atoms with Gasteiger partial charge in [0.05, 0.1) is 11.0 Å². The first-order valence-electron chi connectivity index (χ1n) is 5.52. The van der Waals surface area contributed by atoms with Crippen LogP contribution in [0.1, 0.15) is 24.1 Å². The molecule has 0 aliphatic rings. The first-order chi connectivity index (χ1) is 8.49. The topological polar surface area (TPSA) is 30.9 Å². The molecule has 2 aromatic rings. The van der Waals surface area contributed by atoms with Crippen molar-refractivity contribution < 1.29 is 8.78 Å². The van der Waals surface area contributed by atoms with Gasteiger partial charge in [-0.3, -0.25) is 0 Å². The van der Waals surface area contributed by atoms with Crippen molar-refractivity contribution in [3.8, 4) is 0 Å². The van der Waals surface area contributed by atoms with E-state index in [1.54, 1.807) is 17.0 Å². The second kappa shape index (κ2) is 5.20. The zero-order chi connectivity index (χ0) is 13.3. The van der Waals surface area contributed by atoms with Crippen LogP contribution in [0.25, 0.3) is 0 Å². The molecule has 0 spiro atoms. The lowest BCUT2D eigenvalue weighted by atomic mass is 10.2. The minimum atomic E-state index is -0.564. The molecule has 1 aromatic carbocycles. The van der Waals surface area contributed by atoms with E-state index in [9.17, 15) is 8.78 Å². The molecule has 2 rings (SSSR count). The fourth-order valence-electron chi connectivity index (χ4n) is 1.72. The van der Waals surface area contributed by atoms with E-state index in [-0.39, 0.29) is 22.6 Å². The second-order valence-electron chi connectivity index (χ2n) is 4.23. The summed E-state index contributed by atoms with van der Waals surface area (Å²) in [5.41, 5.74) is 6.71. The normalized spacial score (nSPS) is 12.7. The van der Waals surface area contributed by atoms with Crippen molar-refractivity contribution in [1.29, 1.82) is 0 Å². The fourth-order valence-corrected chi connectivity index (χ4v) is 2.10. The smallest absolute Gasteiger partial charge is 0.145 e. The van der Waals surface area contributed by atoms with Crippen LogP contribution in [0.3, 0.4) is 0 Å². The Hall–Kier alpha value is -1.20. The van der Waals surface area contributed by atoms with E-state index in [0.717, 1.165) is 5.56 Å². The maximum Gasteiger partial charge on any atom is 0.145 e. The van der Waals surface area contributed by atoms with Crippen LogP contribution in [0.15, 0.2) is 35.1 Å². The van der Waals surface area contributed by atoms with Gasteiger partial charge >= 0.3 is 0 Å². The first-order valence-corrected chi connectivity index (χ1v) is 6.32. The minimum absolute atomic E-state index is 0.0381. The number of nitrogens with zero attached hydrogens (tertiary/aromatic N) is 1. The summed E-state index contributed by atoms with van der Waals surface area (Å²) in [4.78, 5) is 0. The molecule has 0 aliphatic carbocycles. The highest BCUT2D eigenvalue weighted by molar-refractivity contribution is 9.10. The molecule has 0 saturated carbocycles. The predicted molar refractivity (Wildman–Crippen MR) is 70.2 cm³/mol. The Labute approximate surface area is 113 Å². The van der Waals surface area contributed by atoms with Gasteiger partial charge in [-0.05, 0) is 46.6 Å². The lowest BCUT2D eigenvalue weighted by Gasteiger charge is -2.08. The highest BCUT2D eigenvalue weighted by Gasteiger charge is 2.13. The van der Waals surface area contributed by atoms with Crippen LogP contribution in [0.4, 0.5) is 8.78 Å². The summed E-state index contributed by atoms with van der Waals surface area (Å²) in [6, 6.07) is 4.36. The van der Waals surface area contributed by atoms with E-state index in [4.69, 9.17) is 5.73 Å². The van der Waals surface area contributed by atoms with E-state index in [0.29, 0.717) is 0 Å². The zero-order valence-corrected chi connectivity index (χ0v) is 11.4. The molecule has 1 atom stereocenters. The van der Waals surface area contributed by atoms with Crippen molar-refractivity contribution in [2.45, 2.75) is 19.5 Å². The molecule has 0 bridgehead atoms. The highest BCUT2D eigenvalue weighted by atomic mass is 79.9. The van der Waals surface area contributed by atoms with Gasteiger partial charge in [0.2, 0.25) is 0 Å². The Kier molecular flexibility index (Phi) is 3.82. The van der Waals surface area contributed by atoms with Crippen molar-refractivity contribution in [2.24, 2.45) is 5.73 Å². The third-order valence-electron chi connectivity index (χ3n) is 2.78. The molecule has 0 saturated heterocycles. The molecule has 0 aliphatic heterocycles. The van der Waals surface area contributed by atoms with Crippen LogP contribution in [0.2, 0.25) is 0 Å². The van der Waals surface area contributed by atoms with Gasteiger partial charge < -0.3 is 10.3 Å². The maximum absolute atomic E-state index is 13.8. The summed E-state index contributed by atoms with van der Waals surface area (Å²) in [7, 11) is 0. The van der Waals surface area contributed by atoms with E-state index in [1.807, 2.05) is 13.0 Å². The molecule has 1 unspecified atom stereocenters. The molecule has 18 heavy (non-hydrogen) atoms. The third kappa shape index (κ3) is 2.62. The highest BCUT2D eigenvalue weighted by Crippen LogP contribution is 2.23. The van der Waals surface area contributed by atoms with Crippen LogP contribution in [0, 0.1) is 11.6 Å². The van der Waals surface area contributed by atoms with Crippen LogP contribution < -0.4 is 5.73 Å². The summed E-state index contributed by atoms with van der Waals surface area (Å²) in [5, 5.41) is 0. The van der Waals surface area contributed by atoms with Gasteiger partial charge in [0.1, 0.15) is 11.6 Å². The predicted octanol–water partition coefficient (Wildman–Crippen LogP) is 3.60. The van der Waals surface area contributed by atoms with Gasteiger partial charge in [-0.25, -0.2) is 8.78 Å². The number of rotatable bonds is 3. The van der Waals surface area contributed by atoms with Crippen LogP contribution in [-0.4, -0.2) is 4.57 Å². The van der Waals surface area contributed by atoms with Crippen molar-refractivity contribution in [1.82, 2.24) is 4.57 Å². The molecule has 5 heteroatoms.